The van der Waals surface area contributed by atoms with Crippen LogP contribution in [0.3, 0.4) is 0 Å². The first-order valence-electron chi connectivity index (χ1n) is 12.7. The van der Waals surface area contributed by atoms with Gasteiger partial charge in [0.1, 0.15) is 5.75 Å². The van der Waals surface area contributed by atoms with E-state index < -0.39 is 5.60 Å². The Hall–Kier alpha value is -3.48. The largest absolute Gasteiger partial charge is 0.497 e. The van der Waals surface area contributed by atoms with Crippen LogP contribution >= 0.6 is 0 Å². The topological polar surface area (TPSA) is 72.8 Å². The van der Waals surface area contributed by atoms with Crippen LogP contribution in [-0.4, -0.2) is 35.4 Å². The van der Waals surface area contributed by atoms with Crippen LogP contribution in [0.5, 0.6) is 5.75 Å². The van der Waals surface area contributed by atoms with Crippen LogP contribution in [0.25, 0.3) is 0 Å². The van der Waals surface area contributed by atoms with Crippen molar-refractivity contribution in [3.63, 3.8) is 0 Å². The minimum absolute atomic E-state index is 0.294. The normalized spacial score (nSPS) is 17.6. The second-order valence-electron chi connectivity index (χ2n) is 9.25. The lowest BCUT2D eigenvalue weighted by Gasteiger charge is -2.27. The van der Waals surface area contributed by atoms with Crippen LogP contribution in [0.15, 0.2) is 95.5 Å². The summed E-state index contributed by atoms with van der Waals surface area (Å²) in [5.74, 6) is 2.64. The standard InChI is InChI=1S/C23H27N3O2.C7H8O/c1-2-18-13-15-26(16-14-18)17-21-24-22(25-28-21)23(27,19-9-5-3-6-10-19)20-11-7-4-8-12-20;1-8-7-5-3-2-4-6-7/h3-12,18,27H,2,13-17H2,1H3;2-6H,1H3/p+1. The van der Waals surface area contributed by atoms with Gasteiger partial charge in [0, 0.05) is 0 Å². The summed E-state index contributed by atoms with van der Waals surface area (Å²) in [6.07, 6.45) is 3.77. The van der Waals surface area contributed by atoms with Crippen LogP contribution in [0.2, 0.25) is 0 Å². The molecule has 6 heteroatoms. The molecule has 4 aromatic rings. The van der Waals surface area contributed by atoms with Crippen molar-refractivity contribution >= 4 is 0 Å². The number of para-hydroxylation sites is 1. The highest BCUT2D eigenvalue weighted by Crippen LogP contribution is 2.34. The van der Waals surface area contributed by atoms with Gasteiger partial charge in [-0.05, 0) is 42.0 Å². The molecule has 1 fully saturated rings. The molecule has 1 aromatic heterocycles. The van der Waals surface area contributed by atoms with Gasteiger partial charge in [-0.1, -0.05) is 97.4 Å². The number of aliphatic hydroxyl groups is 1. The van der Waals surface area contributed by atoms with Gasteiger partial charge < -0.3 is 19.3 Å². The molecule has 1 aliphatic rings. The Kier molecular flexibility index (Phi) is 8.87. The fraction of sp³-hybridized carbons (Fsp3) is 0.333. The number of aromatic nitrogens is 2. The fourth-order valence-electron chi connectivity index (χ4n) is 4.70. The Balaban J connectivity index is 0.000000325. The SMILES string of the molecule is CCC1CC[NH+](Cc2nc(C(O)(c3ccccc3)c3ccccc3)no2)CC1.COc1ccccc1. The number of hydrogen-bond donors (Lipinski definition) is 2. The number of methoxy groups -OCH3 is 1. The molecular weight excluding hydrogens is 450 g/mol. The summed E-state index contributed by atoms with van der Waals surface area (Å²) in [4.78, 5) is 6.09. The van der Waals surface area contributed by atoms with Crippen molar-refractivity contribution in [2.24, 2.45) is 5.92 Å². The van der Waals surface area contributed by atoms with Crippen molar-refractivity contribution in [2.45, 2.75) is 38.3 Å². The van der Waals surface area contributed by atoms with Gasteiger partial charge in [0.2, 0.25) is 5.82 Å². The Morgan fingerprint density at radius 2 is 1.42 bits per heavy atom. The fourth-order valence-corrected chi connectivity index (χ4v) is 4.70. The first-order chi connectivity index (χ1) is 17.6. The van der Waals surface area contributed by atoms with E-state index in [1.807, 2.05) is 91.0 Å². The zero-order valence-corrected chi connectivity index (χ0v) is 21.1. The van der Waals surface area contributed by atoms with E-state index in [0.29, 0.717) is 18.3 Å². The molecule has 3 aromatic carbocycles. The molecule has 1 aliphatic heterocycles. The minimum Gasteiger partial charge on any atom is -0.497 e. The third kappa shape index (κ3) is 6.20. The quantitative estimate of drug-likeness (QED) is 0.409. The van der Waals surface area contributed by atoms with Gasteiger partial charge in [0.15, 0.2) is 12.1 Å². The average molecular weight is 487 g/mol. The van der Waals surface area contributed by atoms with Gasteiger partial charge in [-0.3, -0.25) is 0 Å². The number of quaternary nitrogens is 1. The molecule has 0 bridgehead atoms. The van der Waals surface area contributed by atoms with Crippen molar-refractivity contribution in [3.8, 4) is 5.75 Å². The summed E-state index contributed by atoms with van der Waals surface area (Å²) >= 11 is 0. The number of rotatable bonds is 7. The highest BCUT2D eigenvalue weighted by atomic mass is 16.5. The van der Waals surface area contributed by atoms with Gasteiger partial charge in [-0.2, -0.15) is 4.98 Å². The molecular formula is C30H36N3O3+. The lowest BCUT2D eigenvalue weighted by atomic mass is 9.85. The Labute approximate surface area is 213 Å². The first kappa shape index (κ1) is 25.6. The number of benzene rings is 3. The number of likely N-dealkylation sites (tertiary alicyclic amines) is 1. The highest BCUT2D eigenvalue weighted by Gasteiger charge is 2.39. The van der Waals surface area contributed by atoms with E-state index in [-0.39, 0.29) is 0 Å². The molecule has 2 N–H and O–H groups in total. The predicted octanol–water partition coefficient (Wildman–Crippen LogP) is 4.25. The van der Waals surface area contributed by atoms with E-state index in [9.17, 15) is 5.11 Å². The third-order valence-electron chi connectivity index (χ3n) is 6.94. The Morgan fingerprint density at radius 3 is 1.89 bits per heavy atom. The third-order valence-corrected chi connectivity index (χ3v) is 6.94. The molecule has 36 heavy (non-hydrogen) atoms. The van der Waals surface area contributed by atoms with Crippen molar-refractivity contribution in [1.82, 2.24) is 10.1 Å². The molecule has 0 aliphatic carbocycles. The average Bonchev–Trinajstić information content (AvgIpc) is 3.43. The second kappa shape index (κ2) is 12.5. The summed E-state index contributed by atoms with van der Waals surface area (Å²) in [6.45, 7) is 5.26. The maximum absolute atomic E-state index is 11.7. The molecule has 2 heterocycles. The van der Waals surface area contributed by atoms with Crippen molar-refractivity contribution in [1.29, 1.82) is 0 Å². The minimum atomic E-state index is -1.44. The smallest absolute Gasteiger partial charge is 0.281 e. The summed E-state index contributed by atoms with van der Waals surface area (Å²) in [5.41, 5.74) is 0.0174. The number of nitrogens with one attached hydrogen (secondary N) is 1. The molecule has 0 unspecified atom stereocenters. The number of nitrogens with zero attached hydrogens (tertiary/aromatic N) is 2. The summed E-state index contributed by atoms with van der Waals surface area (Å²) < 4.78 is 10.5. The molecule has 0 radical (unpaired) electrons. The first-order valence-corrected chi connectivity index (χ1v) is 12.7. The molecule has 1 saturated heterocycles. The molecule has 0 atom stereocenters. The predicted molar refractivity (Wildman–Crippen MR) is 140 cm³/mol. The number of ether oxygens (including phenoxy) is 1. The Morgan fingerprint density at radius 1 is 0.889 bits per heavy atom. The van der Waals surface area contributed by atoms with Crippen LogP contribution < -0.4 is 9.64 Å². The molecule has 5 rings (SSSR count). The summed E-state index contributed by atoms with van der Waals surface area (Å²) in [5, 5.41) is 15.9. The van der Waals surface area contributed by atoms with E-state index in [1.54, 1.807) is 7.11 Å². The summed E-state index contributed by atoms with van der Waals surface area (Å²) in [7, 11) is 1.66. The van der Waals surface area contributed by atoms with E-state index >= 15 is 0 Å². The maximum atomic E-state index is 11.7. The number of piperidine rings is 1. The second-order valence-corrected chi connectivity index (χ2v) is 9.25. The van der Waals surface area contributed by atoms with Gasteiger partial charge in [-0.25, -0.2) is 0 Å². The summed E-state index contributed by atoms with van der Waals surface area (Å²) in [6, 6.07) is 28.7. The maximum Gasteiger partial charge on any atom is 0.281 e. The van der Waals surface area contributed by atoms with E-state index in [0.717, 1.165) is 35.9 Å². The van der Waals surface area contributed by atoms with Gasteiger partial charge in [0.05, 0.1) is 20.2 Å². The van der Waals surface area contributed by atoms with Gasteiger partial charge >= 0.3 is 0 Å². The van der Waals surface area contributed by atoms with Crippen LogP contribution in [-0.2, 0) is 12.1 Å². The zero-order chi connectivity index (χ0) is 25.2. The zero-order valence-electron chi connectivity index (χ0n) is 21.1. The molecule has 0 saturated carbocycles. The number of hydrogen-bond acceptors (Lipinski definition) is 5. The van der Waals surface area contributed by atoms with Crippen molar-refractivity contribution in [3.05, 3.63) is 114 Å². The van der Waals surface area contributed by atoms with E-state index in [1.165, 1.54) is 24.2 Å². The lowest BCUT2D eigenvalue weighted by molar-refractivity contribution is -0.921. The van der Waals surface area contributed by atoms with Crippen LogP contribution in [0, 0.1) is 5.92 Å². The lowest BCUT2D eigenvalue weighted by Crippen LogP contribution is -3.11. The molecule has 6 nitrogen and oxygen atoms in total. The van der Waals surface area contributed by atoms with E-state index in [4.69, 9.17) is 9.26 Å². The molecule has 0 amide bonds. The van der Waals surface area contributed by atoms with Crippen LogP contribution in [0.1, 0.15) is 49.0 Å². The van der Waals surface area contributed by atoms with Crippen molar-refractivity contribution < 1.29 is 19.3 Å². The van der Waals surface area contributed by atoms with E-state index in [2.05, 4.69) is 17.1 Å². The van der Waals surface area contributed by atoms with Gasteiger partial charge in [0.25, 0.3) is 5.89 Å². The Bertz CT molecular complexity index is 1120. The van der Waals surface area contributed by atoms with Crippen LogP contribution in [0.4, 0.5) is 0 Å². The van der Waals surface area contributed by atoms with Crippen molar-refractivity contribution in [2.75, 3.05) is 20.2 Å². The monoisotopic (exact) mass is 486 g/mol. The molecule has 0 spiro atoms. The highest BCUT2D eigenvalue weighted by molar-refractivity contribution is 5.41. The molecule has 188 valence electrons. The van der Waals surface area contributed by atoms with Gasteiger partial charge in [-0.15, -0.1) is 0 Å².